The summed E-state index contributed by atoms with van der Waals surface area (Å²) in [6.45, 7) is 6.30. The van der Waals surface area contributed by atoms with Crippen LogP contribution in [0.4, 0.5) is 0 Å². The lowest BCUT2D eigenvalue weighted by Gasteiger charge is -2.21. The molecule has 0 radical (unpaired) electrons. The summed E-state index contributed by atoms with van der Waals surface area (Å²) in [5.41, 5.74) is 2.14. The predicted octanol–water partition coefficient (Wildman–Crippen LogP) is 1.79. The zero-order chi connectivity index (χ0) is 14.3. The zero-order valence-electron chi connectivity index (χ0n) is 11.8. The number of aliphatic hydroxyl groups is 1. The minimum absolute atomic E-state index is 0.128. The lowest BCUT2D eigenvalue weighted by Crippen LogP contribution is -2.19. The Morgan fingerprint density at radius 3 is 2.70 bits per heavy atom. The molecule has 1 aliphatic heterocycles. The van der Waals surface area contributed by atoms with E-state index in [0.717, 1.165) is 17.1 Å². The van der Waals surface area contributed by atoms with Crippen molar-refractivity contribution in [2.24, 2.45) is 0 Å². The van der Waals surface area contributed by atoms with E-state index in [1.807, 2.05) is 18.2 Å². The maximum Gasteiger partial charge on any atom is 0.231 e. The topological polar surface area (TPSA) is 69.4 Å². The van der Waals surface area contributed by atoms with Crippen molar-refractivity contribution >= 4 is 0 Å². The predicted molar refractivity (Wildman–Crippen MR) is 72.1 cm³/mol. The van der Waals surface area contributed by atoms with Gasteiger partial charge in [-0.05, 0) is 12.1 Å². The molecule has 6 heteroatoms. The number of aliphatic hydroxyl groups excluding tert-OH is 1. The number of benzene rings is 1. The second kappa shape index (κ2) is 4.49. The highest BCUT2D eigenvalue weighted by atomic mass is 16.7. The fourth-order valence-electron chi connectivity index (χ4n) is 2.37. The van der Waals surface area contributed by atoms with Gasteiger partial charge in [0.05, 0.1) is 18.0 Å². The lowest BCUT2D eigenvalue weighted by atomic mass is 9.90. The molecule has 0 saturated heterocycles. The maximum absolute atomic E-state index is 9.44. The van der Waals surface area contributed by atoms with Gasteiger partial charge in [-0.1, -0.05) is 26.0 Å². The first-order valence-corrected chi connectivity index (χ1v) is 6.46. The quantitative estimate of drug-likeness (QED) is 0.904. The van der Waals surface area contributed by atoms with E-state index in [9.17, 15) is 5.11 Å². The molecule has 0 atom stereocenters. The molecule has 6 nitrogen and oxygen atoms in total. The molecule has 1 N–H and O–H groups in total. The molecule has 0 amide bonds. The molecule has 106 valence electrons. The summed E-state index contributed by atoms with van der Waals surface area (Å²) < 4.78 is 12.4. The number of hydrogen-bond acceptors (Lipinski definition) is 5. The standard InChI is InChI=1S/C14H17N3O3/c1-14(2,3)13-10(7-18)15-16-17(13)9-4-5-11-12(6-9)20-8-19-11/h4-6,18H,7-8H2,1-3H3. The Morgan fingerprint density at radius 1 is 1.25 bits per heavy atom. The van der Waals surface area contributed by atoms with Crippen molar-refractivity contribution in [3.8, 4) is 17.2 Å². The van der Waals surface area contributed by atoms with Crippen LogP contribution in [-0.2, 0) is 12.0 Å². The first kappa shape index (κ1) is 12.9. The number of ether oxygens (including phenoxy) is 2. The van der Waals surface area contributed by atoms with Gasteiger partial charge in [0, 0.05) is 11.5 Å². The largest absolute Gasteiger partial charge is 0.454 e. The summed E-state index contributed by atoms with van der Waals surface area (Å²) >= 11 is 0. The molecule has 1 aromatic heterocycles. The van der Waals surface area contributed by atoms with Crippen molar-refractivity contribution in [3.05, 3.63) is 29.6 Å². The van der Waals surface area contributed by atoms with Gasteiger partial charge < -0.3 is 14.6 Å². The third kappa shape index (κ3) is 2.02. The van der Waals surface area contributed by atoms with Crippen LogP contribution in [0.15, 0.2) is 18.2 Å². The molecule has 0 unspecified atom stereocenters. The molecule has 1 aromatic carbocycles. The van der Waals surface area contributed by atoms with Crippen LogP contribution < -0.4 is 9.47 Å². The fraction of sp³-hybridized carbons (Fsp3) is 0.429. The van der Waals surface area contributed by atoms with E-state index in [2.05, 4.69) is 31.1 Å². The second-order valence-electron chi connectivity index (χ2n) is 5.74. The fourth-order valence-corrected chi connectivity index (χ4v) is 2.37. The summed E-state index contributed by atoms with van der Waals surface area (Å²) in [4.78, 5) is 0. The normalized spacial score (nSPS) is 13.8. The van der Waals surface area contributed by atoms with Crippen molar-refractivity contribution in [2.75, 3.05) is 6.79 Å². The van der Waals surface area contributed by atoms with Crippen molar-refractivity contribution in [3.63, 3.8) is 0 Å². The first-order chi connectivity index (χ1) is 9.50. The number of rotatable bonds is 2. The third-order valence-electron chi connectivity index (χ3n) is 3.20. The Labute approximate surface area is 116 Å². The van der Waals surface area contributed by atoms with E-state index in [0.29, 0.717) is 11.4 Å². The third-order valence-corrected chi connectivity index (χ3v) is 3.20. The van der Waals surface area contributed by atoms with Crippen LogP contribution in [0.1, 0.15) is 32.2 Å². The highest BCUT2D eigenvalue weighted by Gasteiger charge is 2.26. The van der Waals surface area contributed by atoms with E-state index in [1.165, 1.54) is 0 Å². The molecular weight excluding hydrogens is 258 g/mol. The molecule has 2 heterocycles. The number of fused-ring (bicyclic) bond motifs is 1. The Bertz CT molecular complexity index is 644. The van der Waals surface area contributed by atoms with Gasteiger partial charge in [0.2, 0.25) is 6.79 Å². The summed E-state index contributed by atoms with van der Waals surface area (Å²) in [6.07, 6.45) is 0. The SMILES string of the molecule is CC(C)(C)c1c(CO)nnn1-c1ccc2c(c1)OCO2. The lowest BCUT2D eigenvalue weighted by molar-refractivity contribution is 0.174. The average molecular weight is 275 g/mol. The van der Waals surface area contributed by atoms with E-state index in [4.69, 9.17) is 9.47 Å². The summed E-state index contributed by atoms with van der Waals surface area (Å²) in [7, 11) is 0. The molecule has 2 aromatic rings. The van der Waals surface area contributed by atoms with Gasteiger partial charge in [0.25, 0.3) is 0 Å². The molecule has 0 aliphatic carbocycles. The molecule has 3 rings (SSSR count). The minimum atomic E-state index is -0.183. The zero-order valence-corrected chi connectivity index (χ0v) is 11.8. The van der Waals surface area contributed by atoms with Gasteiger partial charge in [-0.25, -0.2) is 4.68 Å². The van der Waals surface area contributed by atoms with Crippen LogP contribution in [0.25, 0.3) is 5.69 Å². The Kier molecular flexibility index (Phi) is 2.90. The van der Waals surface area contributed by atoms with Crippen LogP contribution in [0.5, 0.6) is 11.5 Å². The Morgan fingerprint density at radius 2 is 2.00 bits per heavy atom. The second-order valence-corrected chi connectivity index (χ2v) is 5.74. The van der Waals surface area contributed by atoms with Gasteiger partial charge >= 0.3 is 0 Å². The highest BCUT2D eigenvalue weighted by molar-refractivity contribution is 5.50. The molecule has 0 spiro atoms. The average Bonchev–Trinajstić information content (AvgIpc) is 3.03. The van der Waals surface area contributed by atoms with E-state index in [1.54, 1.807) is 4.68 Å². The smallest absolute Gasteiger partial charge is 0.231 e. The molecule has 20 heavy (non-hydrogen) atoms. The van der Waals surface area contributed by atoms with Crippen LogP contribution in [0, 0.1) is 0 Å². The van der Waals surface area contributed by atoms with Crippen LogP contribution >= 0.6 is 0 Å². The monoisotopic (exact) mass is 275 g/mol. The van der Waals surface area contributed by atoms with Crippen molar-refractivity contribution in [1.82, 2.24) is 15.0 Å². The van der Waals surface area contributed by atoms with Crippen LogP contribution in [-0.4, -0.2) is 26.9 Å². The maximum atomic E-state index is 9.44. The first-order valence-electron chi connectivity index (χ1n) is 6.46. The van der Waals surface area contributed by atoms with Crippen LogP contribution in [0.2, 0.25) is 0 Å². The highest BCUT2D eigenvalue weighted by Crippen LogP contribution is 2.35. The van der Waals surface area contributed by atoms with Gasteiger partial charge in [-0.15, -0.1) is 5.10 Å². The van der Waals surface area contributed by atoms with Gasteiger partial charge in [0.15, 0.2) is 11.5 Å². The van der Waals surface area contributed by atoms with Crippen LogP contribution in [0.3, 0.4) is 0 Å². The molecular formula is C14H17N3O3. The number of hydrogen-bond donors (Lipinski definition) is 1. The summed E-state index contributed by atoms with van der Waals surface area (Å²) in [5.74, 6) is 1.43. The summed E-state index contributed by atoms with van der Waals surface area (Å²) in [6, 6.07) is 5.62. The summed E-state index contributed by atoms with van der Waals surface area (Å²) in [5, 5.41) is 17.7. The van der Waals surface area contributed by atoms with Gasteiger partial charge in [-0.2, -0.15) is 0 Å². The number of nitrogens with zero attached hydrogens (tertiary/aromatic N) is 3. The minimum Gasteiger partial charge on any atom is -0.454 e. The molecule has 0 fully saturated rings. The Hall–Kier alpha value is -2.08. The molecule has 0 saturated carbocycles. The van der Waals surface area contributed by atoms with E-state index in [-0.39, 0.29) is 18.8 Å². The van der Waals surface area contributed by atoms with Gasteiger partial charge in [0.1, 0.15) is 5.69 Å². The Balaban J connectivity index is 2.13. The molecule has 1 aliphatic rings. The molecule has 0 bridgehead atoms. The van der Waals surface area contributed by atoms with Crippen molar-refractivity contribution in [2.45, 2.75) is 32.8 Å². The van der Waals surface area contributed by atoms with Crippen molar-refractivity contribution in [1.29, 1.82) is 0 Å². The van der Waals surface area contributed by atoms with E-state index >= 15 is 0 Å². The number of aromatic nitrogens is 3. The van der Waals surface area contributed by atoms with E-state index < -0.39 is 0 Å². The van der Waals surface area contributed by atoms with Crippen molar-refractivity contribution < 1.29 is 14.6 Å². The van der Waals surface area contributed by atoms with Gasteiger partial charge in [-0.3, -0.25) is 0 Å².